The molecule has 1 aliphatic rings. The van der Waals surface area contributed by atoms with Gasteiger partial charge in [-0.3, -0.25) is 14.5 Å². The van der Waals surface area contributed by atoms with Crippen molar-refractivity contribution in [1.82, 2.24) is 9.80 Å². The van der Waals surface area contributed by atoms with E-state index in [-0.39, 0.29) is 30.2 Å². The van der Waals surface area contributed by atoms with Crippen molar-refractivity contribution in [3.63, 3.8) is 0 Å². The average Bonchev–Trinajstić information content (AvgIpc) is 2.75. The third-order valence-corrected chi connectivity index (χ3v) is 5.20. The van der Waals surface area contributed by atoms with Crippen molar-refractivity contribution in [1.29, 1.82) is 0 Å². The number of alkyl halides is 3. The number of halogens is 5. The van der Waals surface area contributed by atoms with E-state index in [0.717, 1.165) is 18.2 Å². The van der Waals surface area contributed by atoms with Crippen molar-refractivity contribution >= 4 is 23.2 Å². The fourth-order valence-corrected chi connectivity index (χ4v) is 3.46. The minimum absolute atomic E-state index is 0.0450. The molecule has 11 heteroatoms. The van der Waals surface area contributed by atoms with Gasteiger partial charge in [-0.1, -0.05) is 12.1 Å². The summed E-state index contributed by atoms with van der Waals surface area (Å²) in [6.07, 6.45) is -4.42. The second-order valence-corrected chi connectivity index (χ2v) is 7.64. The largest absolute Gasteiger partial charge is 0.418 e. The van der Waals surface area contributed by atoms with Crippen LogP contribution in [0.15, 0.2) is 42.5 Å². The molecule has 0 aromatic heterocycles. The summed E-state index contributed by atoms with van der Waals surface area (Å²) in [6, 6.07) is 7.92. The van der Waals surface area contributed by atoms with Gasteiger partial charge in [0.25, 0.3) is 0 Å². The van der Waals surface area contributed by atoms with Crippen LogP contribution in [0.3, 0.4) is 0 Å². The number of amides is 2. The SMILES string of the molecule is O=C(CCN1CCN(CC(=O)Nc2ccccc2C(F)(F)F)CC1)Nc1ccc(F)c(F)c1. The van der Waals surface area contributed by atoms with Gasteiger partial charge in [0.1, 0.15) is 0 Å². The molecule has 0 aliphatic carbocycles. The van der Waals surface area contributed by atoms with Gasteiger partial charge in [0.05, 0.1) is 17.8 Å². The van der Waals surface area contributed by atoms with Crippen LogP contribution in [0.2, 0.25) is 0 Å². The first-order chi connectivity index (χ1) is 15.6. The molecule has 1 fully saturated rings. The van der Waals surface area contributed by atoms with Gasteiger partial charge in [-0.25, -0.2) is 8.78 Å². The van der Waals surface area contributed by atoms with Crippen molar-refractivity contribution in [3.05, 3.63) is 59.7 Å². The predicted molar refractivity (Wildman–Crippen MR) is 113 cm³/mol. The Balaban J connectivity index is 1.40. The first kappa shape index (κ1) is 24.6. The van der Waals surface area contributed by atoms with Gasteiger partial charge in [-0.05, 0) is 24.3 Å². The van der Waals surface area contributed by atoms with Gasteiger partial charge < -0.3 is 15.5 Å². The molecule has 6 nitrogen and oxygen atoms in total. The van der Waals surface area contributed by atoms with Gasteiger partial charge in [0.15, 0.2) is 11.6 Å². The number of carbonyl (C=O) groups excluding carboxylic acids is 2. The number of para-hydroxylation sites is 1. The lowest BCUT2D eigenvalue weighted by Crippen LogP contribution is -2.49. The Morgan fingerprint density at radius 1 is 0.848 bits per heavy atom. The van der Waals surface area contributed by atoms with Crippen molar-refractivity contribution in [2.24, 2.45) is 0 Å². The van der Waals surface area contributed by atoms with E-state index < -0.39 is 29.3 Å². The summed E-state index contributed by atoms with van der Waals surface area (Å²) < 4.78 is 65.3. The molecular formula is C22H23F5N4O2. The van der Waals surface area contributed by atoms with E-state index >= 15 is 0 Å². The Bertz CT molecular complexity index is 991. The summed E-state index contributed by atoms with van der Waals surface area (Å²) in [5, 5.41) is 4.84. The third-order valence-electron chi connectivity index (χ3n) is 5.20. The molecule has 1 saturated heterocycles. The second-order valence-electron chi connectivity index (χ2n) is 7.64. The van der Waals surface area contributed by atoms with Crippen LogP contribution in [-0.2, 0) is 15.8 Å². The molecule has 2 amide bonds. The maximum absolute atomic E-state index is 13.2. The Labute approximate surface area is 187 Å². The molecule has 2 aromatic carbocycles. The van der Waals surface area contributed by atoms with E-state index in [1.54, 1.807) is 0 Å². The van der Waals surface area contributed by atoms with Gasteiger partial charge >= 0.3 is 6.18 Å². The Kier molecular flexibility index (Phi) is 7.98. The van der Waals surface area contributed by atoms with Gasteiger partial charge in [-0.15, -0.1) is 0 Å². The van der Waals surface area contributed by atoms with Crippen molar-refractivity contribution in [3.8, 4) is 0 Å². The van der Waals surface area contributed by atoms with Crippen LogP contribution in [0, 0.1) is 11.6 Å². The summed E-state index contributed by atoms with van der Waals surface area (Å²) in [5.41, 5.74) is -1.01. The Morgan fingerprint density at radius 2 is 1.52 bits per heavy atom. The summed E-state index contributed by atoms with van der Waals surface area (Å²) in [4.78, 5) is 28.1. The smallest absolute Gasteiger partial charge is 0.326 e. The molecule has 0 saturated carbocycles. The van der Waals surface area contributed by atoms with E-state index in [2.05, 4.69) is 10.6 Å². The van der Waals surface area contributed by atoms with E-state index in [1.807, 2.05) is 9.80 Å². The number of piperazine rings is 1. The van der Waals surface area contributed by atoms with Gasteiger partial charge in [-0.2, -0.15) is 13.2 Å². The number of carbonyl (C=O) groups is 2. The number of nitrogens with zero attached hydrogens (tertiary/aromatic N) is 2. The van der Waals surface area contributed by atoms with E-state index in [4.69, 9.17) is 0 Å². The first-order valence-electron chi connectivity index (χ1n) is 10.3. The fraction of sp³-hybridized carbons (Fsp3) is 0.364. The molecule has 0 atom stereocenters. The molecule has 2 N–H and O–H groups in total. The fourth-order valence-electron chi connectivity index (χ4n) is 3.46. The highest BCUT2D eigenvalue weighted by Gasteiger charge is 2.33. The molecule has 33 heavy (non-hydrogen) atoms. The lowest BCUT2D eigenvalue weighted by Gasteiger charge is -2.34. The molecule has 2 aromatic rings. The Hall–Kier alpha value is -3.05. The molecule has 178 valence electrons. The van der Waals surface area contributed by atoms with E-state index in [1.165, 1.54) is 24.3 Å². The zero-order valence-corrected chi connectivity index (χ0v) is 17.6. The predicted octanol–water partition coefficient (Wildman–Crippen LogP) is 3.57. The highest BCUT2D eigenvalue weighted by atomic mass is 19.4. The molecule has 0 unspecified atom stereocenters. The standard InChI is InChI=1S/C22H23F5N4O2/c23-17-6-5-15(13-18(17)24)28-20(32)7-8-30-9-11-31(12-10-30)14-21(33)29-19-4-2-1-3-16(19)22(25,26)27/h1-6,13H,7-12,14H2,(H,28,32)(H,29,33). The van der Waals surface area contributed by atoms with Crippen LogP contribution in [0.25, 0.3) is 0 Å². The van der Waals surface area contributed by atoms with Crippen LogP contribution in [0.1, 0.15) is 12.0 Å². The lowest BCUT2D eigenvalue weighted by molar-refractivity contribution is -0.137. The zero-order valence-electron chi connectivity index (χ0n) is 17.6. The number of anilines is 2. The molecule has 1 aliphatic heterocycles. The number of nitrogens with one attached hydrogen (secondary N) is 2. The number of benzene rings is 2. The van der Waals surface area contributed by atoms with Crippen LogP contribution in [0.5, 0.6) is 0 Å². The molecule has 0 bridgehead atoms. The number of hydrogen-bond donors (Lipinski definition) is 2. The lowest BCUT2D eigenvalue weighted by atomic mass is 10.1. The average molecular weight is 470 g/mol. The zero-order chi connectivity index (χ0) is 24.0. The molecular weight excluding hydrogens is 447 g/mol. The van der Waals surface area contributed by atoms with E-state index in [9.17, 15) is 31.5 Å². The Morgan fingerprint density at radius 3 is 2.18 bits per heavy atom. The van der Waals surface area contributed by atoms with Crippen LogP contribution < -0.4 is 10.6 Å². The summed E-state index contributed by atoms with van der Waals surface area (Å²) in [6.45, 7) is 2.57. The minimum Gasteiger partial charge on any atom is -0.326 e. The minimum atomic E-state index is -4.56. The van der Waals surface area contributed by atoms with Crippen molar-refractivity contribution in [2.45, 2.75) is 12.6 Å². The molecule has 1 heterocycles. The van der Waals surface area contributed by atoms with Crippen molar-refractivity contribution in [2.75, 3.05) is 49.9 Å². The highest BCUT2D eigenvalue weighted by Crippen LogP contribution is 2.34. The second kappa shape index (κ2) is 10.7. The number of rotatable bonds is 7. The van der Waals surface area contributed by atoms with Gasteiger partial charge in [0, 0.05) is 50.9 Å². The summed E-state index contributed by atoms with van der Waals surface area (Å²) >= 11 is 0. The maximum Gasteiger partial charge on any atom is 0.418 e. The third kappa shape index (κ3) is 7.22. The van der Waals surface area contributed by atoms with Gasteiger partial charge in [0.2, 0.25) is 11.8 Å². The van der Waals surface area contributed by atoms with Crippen LogP contribution >= 0.6 is 0 Å². The highest BCUT2D eigenvalue weighted by molar-refractivity contribution is 5.93. The number of hydrogen-bond acceptors (Lipinski definition) is 4. The monoisotopic (exact) mass is 470 g/mol. The normalized spacial score (nSPS) is 15.3. The molecule has 0 radical (unpaired) electrons. The maximum atomic E-state index is 13.2. The summed E-state index contributed by atoms with van der Waals surface area (Å²) in [5.74, 6) is -2.92. The topological polar surface area (TPSA) is 64.7 Å². The quantitative estimate of drug-likeness (QED) is 0.608. The first-order valence-corrected chi connectivity index (χ1v) is 10.3. The summed E-state index contributed by atoms with van der Waals surface area (Å²) in [7, 11) is 0. The van der Waals surface area contributed by atoms with E-state index in [0.29, 0.717) is 32.7 Å². The van der Waals surface area contributed by atoms with Crippen LogP contribution in [-0.4, -0.2) is 60.9 Å². The van der Waals surface area contributed by atoms with Crippen molar-refractivity contribution < 1.29 is 31.5 Å². The molecule has 3 rings (SSSR count). The molecule has 0 spiro atoms. The van der Waals surface area contributed by atoms with Crippen LogP contribution in [0.4, 0.5) is 33.3 Å².